The van der Waals surface area contributed by atoms with Crippen LogP contribution in [0.15, 0.2) is 48.5 Å². The largest absolute Gasteiger partial charge is 1.00 e. The SMILES string of the molecule is COc1ccccc1[NH+]1CC[NH+](CCC(O)c2ccc3c(OC)c(OC)c(OC)cc3c2)CC1.[Cl-].[Cl-]. The van der Waals surface area contributed by atoms with Crippen molar-refractivity contribution in [3.8, 4) is 23.0 Å². The van der Waals surface area contributed by atoms with E-state index in [1.807, 2.05) is 36.4 Å². The molecular weight excluding hydrogens is 503 g/mol. The summed E-state index contributed by atoms with van der Waals surface area (Å²) in [6.45, 7) is 5.21. The van der Waals surface area contributed by atoms with E-state index >= 15 is 0 Å². The molecule has 0 saturated carbocycles. The lowest BCUT2D eigenvalue weighted by molar-refractivity contribution is -0.986. The van der Waals surface area contributed by atoms with Crippen molar-refractivity contribution in [2.24, 2.45) is 0 Å². The van der Waals surface area contributed by atoms with Crippen molar-refractivity contribution in [2.45, 2.75) is 12.5 Å². The van der Waals surface area contributed by atoms with Gasteiger partial charge in [-0.1, -0.05) is 24.3 Å². The van der Waals surface area contributed by atoms with Gasteiger partial charge in [0.25, 0.3) is 0 Å². The van der Waals surface area contributed by atoms with Crippen LogP contribution in [0.2, 0.25) is 0 Å². The number of para-hydroxylation sites is 2. The zero-order valence-electron chi connectivity index (χ0n) is 21.3. The number of benzene rings is 3. The summed E-state index contributed by atoms with van der Waals surface area (Å²) in [7, 11) is 6.57. The number of rotatable bonds is 9. The van der Waals surface area contributed by atoms with E-state index in [4.69, 9.17) is 18.9 Å². The van der Waals surface area contributed by atoms with Crippen LogP contribution in [0.1, 0.15) is 18.1 Å². The third kappa shape index (κ3) is 6.28. The van der Waals surface area contributed by atoms with E-state index in [9.17, 15) is 5.11 Å². The second-order valence-electron chi connectivity index (χ2n) is 8.73. The summed E-state index contributed by atoms with van der Waals surface area (Å²) in [5.41, 5.74) is 2.14. The molecule has 0 bridgehead atoms. The molecular formula is C27H36Cl2N2O5. The van der Waals surface area contributed by atoms with Crippen LogP contribution in [-0.4, -0.2) is 66.3 Å². The molecule has 1 fully saturated rings. The van der Waals surface area contributed by atoms with Crippen LogP contribution in [0.25, 0.3) is 10.8 Å². The maximum absolute atomic E-state index is 10.9. The smallest absolute Gasteiger partial charge is 0.203 e. The Morgan fingerprint density at radius 2 is 1.44 bits per heavy atom. The Morgan fingerprint density at radius 3 is 2.08 bits per heavy atom. The highest BCUT2D eigenvalue weighted by Crippen LogP contribution is 2.43. The minimum absolute atomic E-state index is 0. The molecule has 3 aromatic rings. The molecule has 9 heteroatoms. The average Bonchev–Trinajstić information content (AvgIpc) is 2.90. The predicted octanol–water partition coefficient (Wildman–Crippen LogP) is -4.58. The minimum atomic E-state index is -0.518. The van der Waals surface area contributed by atoms with E-state index < -0.39 is 6.10 Å². The lowest BCUT2D eigenvalue weighted by atomic mass is 10.00. The summed E-state index contributed by atoms with van der Waals surface area (Å²) < 4.78 is 22.1. The number of ether oxygens (including phenoxy) is 4. The molecule has 198 valence electrons. The van der Waals surface area contributed by atoms with Gasteiger partial charge in [0, 0.05) is 17.9 Å². The van der Waals surface area contributed by atoms with E-state index in [1.54, 1.807) is 28.4 Å². The van der Waals surface area contributed by atoms with Crippen molar-refractivity contribution in [1.82, 2.24) is 0 Å². The summed E-state index contributed by atoms with van der Waals surface area (Å²) in [6.07, 6.45) is 0.200. The molecule has 0 spiro atoms. The van der Waals surface area contributed by atoms with Gasteiger partial charge in [-0.15, -0.1) is 0 Å². The summed E-state index contributed by atoms with van der Waals surface area (Å²) >= 11 is 0. The van der Waals surface area contributed by atoms with Crippen LogP contribution in [0.4, 0.5) is 5.69 Å². The quantitative estimate of drug-likeness (QED) is 0.256. The third-order valence-corrected chi connectivity index (χ3v) is 6.87. The number of fused-ring (bicyclic) bond motifs is 1. The fraction of sp³-hybridized carbons (Fsp3) is 0.407. The predicted molar refractivity (Wildman–Crippen MR) is 132 cm³/mol. The van der Waals surface area contributed by atoms with Crippen molar-refractivity contribution in [3.63, 3.8) is 0 Å². The molecule has 7 nitrogen and oxygen atoms in total. The van der Waals surface area contributed by atoms with Gasteiger partial charge in [0.1, 0.15) is 26.2 Å². The van der Waals surface area contributed by atoms with Gasteiger partial charge in [-0.2, -0.15) is 0 Å². The second kappa shape index (κ2) is 13.8. The van der Waals surface area contributed by atoms with Crippen LogP contribution in [0, 0.1) is 0 Å². The average molecular weight is 540 g/mol. The zero-order valence-corrected chi connectivity index (χ0v) is 22.8. The molecule has 0 amide bonds. The topological polar surface area (TPSA) is 66.0 Å². The number of piperazine rings is 1. The monoisotopic (exact) mass is 538 g/mol. The highest BCUT2D eigenvalue weighted by atomic mass is 35.5. The van der Waals surface area contributed by atoms with Gasteiger partial charge in [0.2, 0.25) is 5.75 Å². The van der Waals surface area contributed by atoms with Crippen molar-refractivity contribution < 1.29 is 58.7 Å². The highest BCUT2D eigenvalue weighted by Gasteiger charge is 2.27. The molecule has 0 aliphatic carbocycles. The molecule has 1 saturated heterocycles. The normalized spacial score (nSPS) is 17.9. The molecule has 4 rings (SSSR count). The van der Waals surface area contributed by atoms with Crippen LogP contribution in [0.3, 0.4) is 0 Å². The molecule has 0 aromatic heterocycles. The molecule has 1 heterocycles. The molecule has 1 aliphatic heterocycles. The summed E-state index contributed by atoms with van der Waals surface area (Å²) in [4.78, 5) is 3.00. The molecule has 0 radical (unpaired) electrons. The number of hydrogen-bond donors (Lipinski definition) is 3. The number of quaternary nitrogens is 2. The second-order valence-corrected chi connectivity index (χ2v) is 8.73. The van der Waals surface area contributed by atoms with Crippen LogP contribution >= 0.6 is 0 Å². The number of nitrogens with one attached hydrogen (secondary N) is 2. The van der Waals surface area contributed by atoms with Gasteiger partial charge in [0.15, 0.2) is 22.9 Å². The van der Waals surface area contributed by atoms with Crippen LogP contribution in [0.5, 0.6) is 23.0 Å². The summed E-state index contributed by atoms with van der Waals surface area (Å²) in [6, 6.07) is 16.2. The van der Waals surface area contributed by atoms with E-state index in [0.717, 1.165) is 61.2 Å². The van der Waals surface area contributed by atoms with Gasteiger partial charge >= 0.3 is 0 Å². The summed E-state index contributed by atoms with van der Waals surface area (Å²) in [5, 5.41) is 12.8. The Hall–Kier alpha value is -2.42. The zero-order chi connectivity index (χ0) is 24.1. The first-order chi connectivity index (χ1) is 16.6. The Balaban J connectivity index is 0.00000228. The first kappa shape index (κ1) is 29.8. The van der Waals surface area contributed by atoms with Crippen LogP contribution < -0.4 is 53.6 Å². The maximum Gasteiger partial charge on any atom is 0.203 e. The number of aliphatic hydroxyl groups is 1. The molecule has 3 aromatic carbocycles. The Bertz CT molecular complexity index is 1120. The van der Waals surface area contributed by atoms with Crippen molar-refractivity contribution in [3.05, 3.63) is 54.1 Å². The third-order valence-electron chi connectivity index (χ3n) is 6.87. The molecule has 1 aliphatic rings. The van der Waals surface area contributed by atoms with Crippen molar-refractivity contribution >= 4 is 16.5 Å². The Morgan fingerprint density at radius 1 is 0.778 bits per heavy atom. The molecule has 1 atom stereocenters. The van der Waals surface area contributed by atoms with Crippen LogP contribution in [-0.2, 0) is 0 Å². The van der Waals surface area contributed by atoms with E-state index in [0.29, 0.717) is 17.2 Å². The fourth-order valence-electron chi connectivity index (χ4n) is 4.97. The van der Waals surface area contributed by atoms with Gasteiger partial charge in [-0.05, 0) is 29.1 Å². The lowest BCUT2D eigenvalue weighted by Gasteiger charge is -2.30. The number of hydrogen-bond acceptors (Lipinski definition) is 5. The number of halogens is 2. The summed E-state index contributed by atoms with van der Waals surface area (Å²) in [5.74, 6) is 2.78. The Labute approximate surface area is 225 Å². The fourth-order valence-corrected chi connectivity index (χ4v) is 4.97. The standard InChI is InChI=1S/C27H34N2O5.2ClH/c1-31-24-8-6-5-7-22(24)29-15-13-28(14-16-29)12-11-23(30)19-9-10-21-20(17-19)18-25(32-2)27(34-4)26(21)33-3;;/h5-10,17-18,23,30H,11-16H2,1-4H3;2*1H. The van der Waals surface area contributed by atoms with Gasteiger partial charge in [-0.25, -0.2) is 0 Å². The maximum atomic E-state index is 10.9. The van der Waals surface area contributed by atoms with E-state index in [2.05, 4.69) is 12.1 Å². The van der Waals surface area contributed by atoms with Gasteiger partial charge < -0.3 is 53.8 Å². The molecule has 36 heavy (non-hydrogen) atoms. The van der Waals surface area contributed by atoms with Gasteiger partial charge in [0.05, 0.1) is 41.1 Å². The van der Waals surface area contributed by atoms with Gasteiger partial charge in [-0.3, -0.25) is 4.90 Å². The van der Waals surface area contributed by atoms with Crippen molar-refractivity contribution in [2.75, 3.05) is 61.2 Å². The highest BCUT2D eigenvalue weighted by molar-refractivity contribution is 5.93. The number of methoxy groups -OCH3 is 4. The van der Waals surface area contributed by atoms with Crippen molar-refractivity contribution in [1.29, 1.82) is 0 Å². The van der Waals surface area contributed by atoms with E-state index in [1.165, 1.54) is 15.5 Å². The minimum Gasteiger partial charge on any atom is -1.00 e. The number of aliphatic hydroxyl groups excluding tert-OH is 1. The molecule has 1 unspecified atom stereocenters. The first-order valence-electron chi connectivity index (χ1n) is 11.8. The van der Waals surface area contributed by atoms with E-state index in [-0.39, 0.29) is 24.8 Å². The molecule has 3 N–H and O–H groups in total. The first-order valence-corrected chi connectivity index (χ1v) is 11.8. The Kier molecular flexibility index (Phi) is 11.4. The lowest BCUT2D eigenvalue weighted by Crippen LogP contribution is -3.26.